The maximum atomic E-state index is 6.24. The number of nitrogens with zero attached hydrogens (tertiary/aromatic N) is 1. The SMILES string of the molecule is Nc1ncccc1C(N)C1Cc2ccccc2O1. The third-order valence-corrected chi connectivity index (χ3v) is 3.30. The van der Waals surface area contributed by atoms with Crippen molar-refractivity contribution in [1.29, 1.82) is 0 Å². The van der Waals surface area contributed by atoms with E-state index >= 15 is 0 Å². The van der Waals surface area contributed by atoms with E-state index in [-0.39, 0.29) is 12.1 Å². The molecule has 92 valence electrons. The van der Waals surface area contributed by atoms with Crippen molar-refractivity contribution in [3.63, 3.8) is 0 Å². The Hall–Kier alpha value is -2.07. The lowest BCUT2D eigenvalue weighted by molar-refractivity contribution is 0.200. The van der Waals surface area contributed by atoms with Crippen LogP contribution in [0.15, 0.2) is 42.6 Å². The number of ether oxygens (including phenoxy) is 1. The molecule has 0 fully saturated rings. The molecule has 4 heteroatoms. The Balaban J connectivity index is 1.85. The van der Waals surface area contributed by atoms with Crippen LogP contribution in [0.2, 0.25) is 0 Å². The Kier molecular flexibility index (Phi) is 2.64. The second-order valence-corrected chi connectivity index (χ2v) is 4.47. The summed E-state index contributed by atoms with van der Waals surface area (Å²) in [6, 6.07) is 11.5. The third-order valence-electron chi connectivity index (χ3n) is 3.30. The highest BCUT2D eigenvalue weighted by atomic mass is 16.5. The molecule has 1 aliphatic rings. The zero-order chi connectivity index (χ0) is 12.5. The summed E-state index contributed by atoms with van der Waals surface area (Å²) in [4.78, 5) is 4.06. The largest absolute Gasteiger partial charge is 0.488 e. The highest BCUT2D eigenvalue weighted by Gasteiger charge is 2.29. The first-order valence-electron chi connectivity index (χ1n) is 5.96. The molecule has 3 rings (SSSR count). The minimum absolute atomic E-state index is 0.0751. The van der Waals surface area contributed by atoms with Crippen molar-refractivity contribution in [3.8, 4) is 5.75 Å². The van der Waals surface area contributed by atoms with E-state index in [2.05, 4.69) is 11.1 Å². The van der Waals surface area contributed by atoms with Crippen LogP contribution in [0.25, 0.3) is 0 Å². The first-order chi connectivity index (χ1) is 8.75. The summed E-state index contributed by atoms with van der Waals surface area (Å²) in [6.45, 7) is 0. The molecule has 2 unspecified atom stereocenters. The lowest BCUT2D eigenvalue weighted by Gasteiger charge is -2.20. The van der Waals surface area contributed by atoms with Crippen molar-refractivity contribution in [2.45, 2.75) is 18.6 Å². The third kappa shape index (κ3) is 1.80. The van der Waals surface area contributed by atoms with E-state index in [0.717, 1.165) is 17.7 Å². The Morgan fingerprint density at radius 3 is 2.83 bits per heavy atom. The molecule has 2 aromatic rings. The summed E-state index contributed by atoms with van der Waals surface area (Å²) in [7, 11) is 0. The van der Waals surface area contributed by atoms with Gasteiger partial charge >= 0.3 is 0 Å². The van der Waals surface area contributed by atoms with E-state index in [0.29, 0.717) is 5.82 Å². The number of para-hydroxylation sites is 1. The summed E-state index contributed by atoms with van der Waals surface area (Å²) in [5.74, 6) is 1.39. The lowest BCUT2D eigenvalue weighted by atomic mass is 9.99. The molecule has 4 N–H and O–H groups in total. The number of fused-ring (bicyclic) bond motifs is 1. The number of nitrogens with two attached hydrogens (primary N) is 2. The molecular formula is C14H15N3O. The molecule has 0 saturated heterocycles. The molecule has 1 aromatic carbocycles. The summed E-state index contributed by atoms with van der Waals surface area (Å²) in [5, 5.41) is 0. The zero-order valence-electron chi connectivity index (χ0n) is 9.91. The summed E-state index contributed by atoms with van der Waals surface area (Å²) >= 11 is 0. The average molecular weight is 241 g/mol. The van der Waals surface area contributed by atoms with Crippen LogP contribution < -0.4 is 16.2 Å². The molecular weight excluding hydrogens is 226 g/mol. The Morgan fingerprint density at radius 1 is 1.22 bits per heavy atom. The lowest BCUT2D eigenvalue weighted by Crippen LogP contribution is -2.30. The fraction of sp³-hybridized carbons (Fsp3) is 0.214. The minimum atomic E-state index is -0.258. The first-order valence-corrected chi connectivity index (χ1v) is 5.96. The molecule has 4 nitrogen and oxygen atoms in total. The van der Waals surface area contributed by atoms with E-state index in [1.54, 1.807) is 6.20 Å². The molecule has 2 heterocycles. The quantitative estimate of drug-likeness (QED) is 0.838. The van der Waals surface area contributed by atoms with Gasteiger partial charge in [-0.15, -0.1) is 0 Å². The Bertz CT molecular complexity index is 545. The van der Waals surface area contributed by atoms with E-state index in [9.17, 15) is 0 Å². The monoisotopic (exact) mass is 241 g/mol. The Morgan fingerprint density at radius 2 is 2.06 bits per heavy atom. The van der Waals surface area contributed by atoms with Gasteiger partial charge in [0.1, 0.15) is 17.7 Å². The van der Waals surface area contributed by atoms with Crippen LogP contribution in [0.4, 0.5) is 5.82 Å². The van der Waals surface area contributed by atoms with Crippen LogP contribution in [0.3, 0.4) is 0 Å². The summed E-state index contributed by atoms with van der Waals surface area (Å²) in [5.41, 5.74) is 14.1. The van der Waals surface area contributed by atoms with Gasteiger partial charge in [-0.2, -0.15) is 0 Å². The number of benzene rings is 1. The molecule has 0 aliphatic carbocycles. The zero-order valence-corrected chi connectivity index (χ0v) is 9.91. The normalized spacial score (nSPS) is 19.1. The standard InChI is InChI=1S/C14H15N3O/c15-13(10-5-3-7-17-14(10)16)12-8-9-4-1-2-6-11(9)18-12/h1-7,12-13H,8,15H2,(H2,16,17). The van der Waals surface area contributed by atoms with Gasteiger partial charge in [-0.1, -0.05) is 24.3 Å². The predicted molar refractivity (Wildman–Crippen MR) is 70.1 cm³/mol. The van der Waals surface area contributed by atoms with Crippen LogP contribution in [-0.4, -0.2) is 11.1 Å². The maximum absolute atomic E-state index is 6.24. The van der Waals surface area contributed by atoms with Crippen LogP contribution in [0, 0.1) is 0 Å². The highest BCUT2D eigenvalue weighted by molar-refractivity contribution is 5.44. The van der Waals surface area contributed by atoms with Gasteiger partial charge in [0, 0.05) is 18.2 Å². The molecule has 1 aromatic heterocycles. The maximum Gasteiger partial charge on any atom is 0.128 e. The number of aromatic nitrogens is 1. The van der Waals surface area contributed by atoms with Gasteiger partial charge < -0.3 is 16.2 Å². The van der Waals surface area contributed by atoms with Gasteiger partial charge in [-0.05, 0) is 17.7 Å². The van der Waals surface area contributed by atoms with Gasteiger partial charge in [0.25, 0.3) is 0 Å². The van der Waals surface area contributed by atoms with Crippen molar-refractivity contribution >= 4 is 5.82 Å². The van der Waals surface area contributed by atoms with E-state index in [4.69, 9.17) is 16.2 Å². The smallest absolute Gasteiger partial charge is 0.128 e. The molecule has 0 spiro atoms. The number of anilines is 1. The molecule has 2 atom stereocenters. The number of hydrogen-bond donors (Lipinski definition) is 2. The van der Waals surface area contributed by atoms with Crippen molar-refractivity contribution in [2.24, 2.45) is 5.73 Å². The molecule has 1 aliphatic heterocycles. The predicted octanol–water partition coefficient (Wildman–Crippen LogP) is 1.67. The molecule has 18 heavy (non-hydrogen) atoms. The molecule has 0 saturated carbocycles. The number of nitrogen functional groups attached to an aromatic ring is 1. The summed E-state index contributed by atoms with van der Waals surface area (Å²) in [6.07, 6.45) is 2.40. The molecule has 0 amide bonds. The van der Waals surface area contributed by atoms with Crippen molar-refractivity contribution in [3.05, 3.63) is 53.7 Å². The summed E-state index contributed by atoms with van der Waals surface area (Å²) < 4.78 is 5.87. The first kappa shape index (κ1) is 11.0. The van der Waals surface area contributed by atoms with Crippen LogP contribution in [-0.2, 0) is 6.42 Å². The van der Waals surface area contributed by atoms with Crippen molar-refractivity contribution in [1.82, 2.24) is 4.98 Å². The highest BCUT2D eigenvalue weighted by Crippen LogP contribution is 2.33. The molecule has 0 bridgehead atoms. The van der Waals surface area contributed by atoms with Crippen molar-refractivity contribution in [2.75, 3.05) is 5.73 Å². The topological polar surface area (TPSA) is 74.2 Å². The number of hydrogen-bond acceptors (Lipinski definition) is 4. The van der Waals surface area contributed by atoms with E-state index in [1.807, 2.05) is 30.3 Å². The fourth-order valence-electron chi connectivity index (χ4n) is 2.32. The average Bonchev–Trinajstić information content (AvgIpc) is 2.82. The number of pyridine rings is 1. The van der Waals surface area contributed by atoms with Crippen LogP contribution in [0.5, 0.6) is 5.75 Å². The number of rotatable bonds is 2. The van der Waals surface area contributed by atoms with E-state index in [1.165, 1.54) is 5.56 Å². The second-order valence-electron chi connectivity index (χ2n) is 4.47. The van der Waals surface area contributed by atoms with Crippen LogP contribution in [0.1, 0.15) is 17.2 Å². The fourth-order valence-corrected chi connectivity index (χ4v) is 2.32. The second kappa shape index (κ2) is 4.31. The van der Waals surface area contributed by atoms with Gasteiger partial charge in [0.05, 0.1) is 6.04 Å². The van der Waals surface area contributed by atoms with E-state index < -0.39 is 0 Å². The minimum Gasteiger partial charge on any atom is -0.488 e. The van der Waals surface area contributed by atoms with Gasteiger partial charge in [-0.3, -0.25) is 0 Å². The molecule has 0 radical (unpaired) electrons. The van der Waals surface area contributed by atoms with Gasteiger partial charge in [0.2, 0.25) is 0 Å². The van der Waals surface area contributed by atoms with Gasteiger partial charge in [-0.25, -0.2) is 4.98 Å². The Labute approximate surface area is 106 Å². The van der Waals surface area contributed by atoms with Crippen LogP contribution >= 0.6 is 0 Å². The van der Waals surface area contributed by atoms with Gasteiger partial charge in [0.15, 0.2) is 0 Å². The van der Waals surface area contributed by atoms with Crippen molar-refractivity contribution < 1.29 is 4.74 Å².